The van der Waals surface area contributed by atoms with Crippen molar-refractivity contribution < 1.29 is 17.9 Å². The first-order valence-electron chi connectivity index (χ1n) is 9.60. The van der Waals surface area contributed by atoms with Crippen molar-refractivity contribution in [3.63, 3.8) is 0 Å². The second kappa shape index (κ2) is 8.82. The fourth-order valence-corrected chi connectivity index (χ4v) is 3.72. The van der Waals surface area contributed by atoms with Gasteiger partial charge in [0.05, 0.1) is 23.8 Å². The zero-order chi connectivity index (χ0) is 21.8. The van der Waals surface area contributed by atoms with Gasteiger partial charge in [-0.25, -0.2) is 23.4 Å². The molecule has 3 aromatic rings. The minimum Gasteiger partial charge on any atom is -0.473 e. The van der Waals surface area contributed by atoms with Crippen LogP contribution in [0, 0.1) is 0 Å². The van der Waals surface area contributed by atoms with E-state index in [1.807, 2.05) is 4.90 Å². The van der Waals surface area contributed by atoms with Gasteiger partial charge in [-0.05, 0) is 17.7 Å². The highest BCUT2D eigenvalue weighted by Crippen LogP contribution is 2.25. The summed E-state index contributed by atoms with van der Waals surface area (Å²) in [5, 5.41) is 0. The van der Waals surface area contributed by atoms with Crippen molar-refractivity contribution in [3.8, 4) is 17.1 Å². The normalized spacial score (nSPS) is 14.4. The summed E-state index contributed by atoms with van der Waals surface area (Å²) < 4.78 is 34.9. The molecule has 2 aromatic heterocycles. The monoisotopic (exact) mass is 442 g/mol. The molecule has 0 bridgehead atoms. The van der Waals surface area contributed by atoms with E-state index in [4.69, 9.17) is 15.2 Å². The molecule has 1 saturated heterocycles. The number of sulfone groups is 1. The predicted octanol–water partition coefficient (Wildman–Crippen LogP) is 1.33. The first kappa shape index (κ1) is 20.9. The zero-order valence-electron chi connectivity index (χ0n) is 16.9. The Morgan fingerprint density at radius 2 is 1.87 bits per heavy atom. The maximum Gasteiger partial charge on any atom is 0.229 e. The van der Waals surface area contributed by atoms with E-state index >= 15 is 0 Å². The minimum atomic E-state index is -3.30. The summed E-state index contributed by atoms with van der Waals surface area (Å²) in [7, 11) is -3.30. The van der Waals surface area contributed by atoms with E-state index in [0.29, 0.717) is 55.0 Å². The van der Waals surface area contributed by atoms with E-state index in [9.17, 15) is 8.42 Å². The minimum absolute atomic E-state index is 0.153. The van der Waals surface area contributed by atoms with Crippen LogP contribution in [0.15, 0.2) is 47.6 Å². The maximum absolute atomic E-state index is 11.8. The Balaban J connectivity index is 1.63. The summed E-state index contributed by atoms with van der Waals surface area (Å²) in [6, 6.07) is 8.32. The van der Waals surface area contributed by atoms with E-state index in [1.54, 1.807) is 42.7 Å². The van der Waals surface area contributed by atoms with Gasteiger partial charge in [-0.3, -0.25) is 0 Å². The molecular formula is C20H22N6O4S. The van der Waals surface area contributed by atoms with Crippen LogP contribution in [0.3, 0.4) is 0 Å². The van der Waals surface area contributed by atoms with Crippen molar-refractivity contribution in [1.29, 1.82) is 0 Å². The third kappa shape index (κ3) is 5.25. The van der Waals surface area contributed by atoms with Crippen molar-refractivity contribution in [3.05, 3.63) is 48.3 Å². The number of anilines is 2. The lowest BCUT2D eigenvalue weighted by molar-refractivity contribution is 0.122. The van der Waals surface area contributed by atoms with E-state index < -0.39 is 9.84 Å². The number of aromatic nitrogens is 4. The number of benzene rings is 1. The lowest BCUT2D eigenvalue weighted by Gasteiger charge is -2.27. The highest BCUT2D eigenvalue weighted by Gasteiger charge is 2.17. The largest absolute Gasteiger partial charge is 0.473 e. The highest BCUT2D eigenvalue weighted by atomic mass is 32.2. The maximum atomic E-state index is 11.8. The second-order valence-corrected chi connectivity index (χ2v) is 9.04. The molecule has 4 rings (SSSR count). The van der Waals surface area contributed by atoms with Gasteiger partial charge in [-0.2, -0.15) is 4.98 Å². The molecule has 162 valence electrons. The number of rotatable bonds is 6. The van der Waals surface area contributed by atoms with E-state index in [2.05, 4.69) is 19.9 Å². The van der Waals surface area contributed by atoms with Crippen molar-refractivity contribution in [2.75, 3.05) is 43.2 Å². The molecule has 1 aromatic carbocycles. The Hall–Kier alpha value is -3.31. The molecule has 0 atom stereocenters. The van der Waals surface area contributed by atoms with Crippen molar-refractivity contribution in [1.82, 2.24) is 19.9 Å². The molecule has 0 unspecified atom stereocenters. The van der Waals surface area contributed by atoms with Gasteiger partial charge in [-0.1, -0.05) is 12.1 Å². The number of nitrogen functional groups attached to an aromatic ring is 1. The van der Waals surface area contributed by atoms with Crippen LogP contribution in [-0.2, 0) is 21.2 Å². The molecule has 1 aliphatic rings. The molecule has 1 aliphatic heterocycles. The summed E-state index contributed by atoms with van der Waals surface area (Å²) in [5.41, 5.74) is 7.58. The average molecular weight is 443 g/mol. The van der Waals surface area contributed by atoms with Gasteiger partial charge in [0.25, 0.3) is 0 Å². The van der Waals surface area contributed by atoms with Crippen LogP contribution >= 0.6 is 0 Å². The number of ether oxygens (including phenoxy) is 2. The summed E-state index contributed by atoms with van der Waals surface area (Å²) in [4.78, 5) is 19.5. The first-order chi connectivity index (χ1) is 14.9. The number of hydrogen-bond acceptors (Lipinski definition) is 10. The van der Waals surface area contributed by atoms with Gasteiger partial charge >= 0.3 is 0 Å². The molecule has 0 spiro atoms. The van der Waals surface area contributed by atoms with Crippen LogP contribution < -0.4 is 15.4 Å². The van der Waals surface area contributed by atoms with Crippen LogP contribution in [0.2, 0.25) is 0 Å². The zero-order valence-corrected chi connectivity index (χ0v) is 17.7. The van der Waals surface area contributed by atoms with Crippen LogP contribution in [0.1, 0.15) is 5.56 Å². The smallest absolute Gasteiger partial charge is 0.229 e. The van der Waals surface area contributed by atoms with Crippen molar-refractivity contribution >= 4 is 21.7 Å². The molecule has 10 nitrogen and oxygen atoms in total. The third-order valence-electron chi connectivity index (χ3n) is 4.67. The van der Waals surface area contributed by atoms with Crippen LogP contribution in [0.5, 0.6) is 5.88 Å². The van der Waals surface area contributed by atoms with Crippen molar-refractivity contribution in [2.24, 2.45) is 0 Å². The fourth-order valence-electron chi connectivity index (χ4n) is 3.03. The molecule has 3 heterocycles. The lowest BCUT2D eigenvalue weighted by atomic mass is 10.2. The van der Waals surface area contributed by atoms with E-state index in [0.717, 1.165) is 0 Å². The number of nitrogens with two attached hydrogens (primary N) is 1. The van der Waals surface area contributed by atoms with E-state index in [1.165, 1.54) is 6.26 Å². The van der Waals surface area contributed by atoms with Gasteiger partial charge in [0.1, 0.15) is 6.61 Å². The Morgan fingerprint density at radius 3 is 2.58 bits per heavy atom. The third-order valence-corrected chi connectivity index (χ3v) is 5.78. The van der Waals surface area contributed by atoms with Gasteiger partial charge in [0, 0.05) is 43.4 Å². The van der Waals surface area contributed by atoms with Gasteiger partial charge in [0.2, 0.25) is 17.8 Å². The topological polar surface area (TPSA) is 133 Å². The van der Waals surface area contributed by atoms with Crippen LogP contribution in [0.4, 0.5) is 11.9 Å². The Morgan fingerprint density at radius 1 is 1.13 bits per heavy atom. The van der Waals surface area contributed by atoms with Gasteiger partial charge < -0.3 is 20.1 Å². The molecule has 2 N–H and O–H groups in total. The standard InChI is InChI=1S/C20H22N6O4S/c1-31(27,28)16-4-2-3-14(9-16)13-30-18-10-17(15-11-22-19(21)23-12-15)24-20(25-18)26-5-7-29-8-6-26/h2-4,9-12H,5-8,13H2,1H3,(H2,21,22,23). The van der Waals surface area contributed by atoms with E-state index in [-0.39, 0.29) is 17.5 Å². The van der Waals surface area contributed by atoms with Crippen LogP contribution in [-0.4, -0.2) is 60.9 Å². The summed E-state index contributed by atoms with van der Waals surface area (Å²) in [6.45, 7) is 2.66. The summed E-state index contributed by atoms with van der Waals surface area (Å²) >= 11 is 0. The number of morpholine rings is 1. The van der Waals surface area contributed by atoms with Crippen molar-refractivity contribution in [2.45, 2.75) is 11.5 Å². The molecule has 0 saturated carbocycles. The molecule has 0 amide bonds. The average Bonchev–Trinajstić information content (AvgIpc) is 2.78. The fraction of sp³-hybridized carbons (Fsp3) is 0.300. The van der Waals surface area contributed by atoms with Gasteiger partial charge in [-0.15, -0.1) is 0 Å². The second-order valence-electron chi connectivity index (χ2n) is 7.03. The molecule has 0 radical (unpaired) electrons. The molecule has 31 heavy (non-hydrogen) atoms. The molecular weight excluding hydrogens is 420 g/mol. The summed E-state index contributed by atoms with van der Waals surface area (Å²) in [5.74, 6) is 1.04. The first-order valence-corrected chi connectivity index (χ1v) is 11.5. The Kier molecular flexibility index (Phi) is 5.96. The molecule has 1 fully saturated rings. The Labute approximate surface area is 180 Å². The lowest BCUT2D eigenvalue weighted by Crippen LogP contribution is -2.37. The number of nitrogens with zero attached hydrogens (tertiary/aromatic N) is 5. The molecule has 11 heteroatoms. The Bertz CT molecular complexity index is 1160. The quantitative estimate of drug-likeness (QED) is 0.596. The number of hydrogen-bond donors (Lipinski definition) is 1. The van der Waals surface area contributed by atoms with Gasteiger partial charge in [0.15, 0.2) is 9.84 Å². The van der Waals surface area contributed by atoms with Crippen LogP contribution in [0.25, 0.3) is 11.3 Å². The predicted molar refractivity (Wildman–Crippen MR) is 114 cm³/mol. The molecule has 0 aliphatic carbocycles. The SMILES string of the molecule is CS(=O)(=O)c1cccc(COc2cc(-c3cnc(N)nc3)nc(N3CCOCC3)n2)c1. The summed E-state index contributed by atoms with van der Waals surface area (Å²) in [6.07, 6.45) is 4.35. The highest BCUT2D eigenvalue weighted by molar-refractivity contribution is 7.90.